The molecule has 1 aliphatic rings. The number of benzene rings is 1. The third kappa shape index (κ3) is 31.5. The van der Waals surface area contributed by atoms with Crippen LogP contribution in [0.3, 0.4) is 0 Å². The van der Waals surface area contributed by atoms with Crippen molar-refractivity contribution in [3.8, 4) is 0 Å². The van der Waals surface area contributed by atoms with Gasteiger partial charge in [0.1, 0.15) is 31.1 Å². The lowest BCUT2D eigenvalue weighted by molar-refractivity contribution is -0.386. The summed E-state index contributed by atoms with van der Waals surface area (Å²) in [7, 11) is 1.76. The number of carboxylic acid groups (broad SMARTS) is 4. The van der Waals surface area contributed by atoms with Crippen molar-refractivity contribution >= 4 is 80.3 Å². The average molecular weight is 1090 g/mol. The molecule has 0 spiro atoms. The molecule has 3 rings (SSSR count). The van der Waals surface area contributed by atoms with Gasteiger partial charge in [0.2, 0.25) is 5.91 Å². The molecule has 1 aromatic heterocycles. The molecule has 31 heteroatoms. The van der Waals surface area contributed by atoms with Crippen molar-refractivity contribution in [3.63, 3.8) is 0 Å². The first-order chi connectivity index (χ1) is 33.5. The number of hydrogen-bond acceptors (Lipinski definition) is 20. The number of unbranched alkanes of at least 4 members (excludes halogenated alkanes) is 6. The summed E-state index contributed by atoms with van der Waals surface area (Å²) in [5, 5.41) is 47.5. The SMILES string of the molecule is CC(OC(=O)O)c1cc(CNC(=O)CCCOC(=O)P)ccc1[N+](=O)[O-].CP(=O)(O)OC1CC(n2ccc(=O)[nH]c2=O)OC1COC(=O)O.O=C(O)OCCCCCCSSCCCCCCOC(=O)O. The highest BCUT2D eigenvalue weighted by molar-refractivity contribution is 8.76. The van der Waals surface area contributed by atoms with E-state index in [4.69, 9.17) is 29.7 Å². The minimum absolute atomic E-state index is 0.00200. The number of rotatable bonds is 29. The van der Waals surface area contributed by atoms with Crippen LogP contribution in [0, 0.1) is 10.1 Å². The molecule has 1 amide bonds. The molecule has 27 nitrogen and oxygen atoms in total. The molecule has 0 radical (unpaired) electrons. The maximum absolute atomic E-state index is 11.7. The molecule has 1 fully saturated rings. The van der Waals surface area contributed by atoms with Crippen LogP contribution in [0.1, 0.15) is 101 Å². The molecule has 1 aromatic carbocycles. The van der Waals surface area contributed by atoms with E-state index < -0.39 is 85.2 Å². The van der Waals surface area contributed by atoms with Crippen LogP contribution in [-0.4, -0.2) is 133 Å². The van der Waals surface area contributed by atoms with Crippen LogP contribution in [-0.2, 0) is 48.8 Å². The lowest BCUT2D eigenvalue weighted by Crippen LogP contribution is -2.32. The Morgan fingerprint density at radius 1 is 0.873 bits per heavy atom. The summed E-state index contributed by atoms with van der Waals surface area (Å²) >= 11 is 0. The molecule has 0 aliphatic carbocycles. The van der Waals surface area contributed by atoms with Crippen LogP contribution in [0.4, 0.5) is 29.7 Å². The third-order valence-corrected chi connectivity index (χ3v) is 12.5. The number of H-pyrrole nitrogens is 1. The lowest BCUT2D eigenvalue weighted by Gasteiger charge is -2.19. The number of nitro benzene ring substituents is 1. The van der Waals surface area contributed by atoms with Gasteiger partial charge in [-0.3, -0.25) is 33.8 Å². The van der Waals surface area contributed by atoms with Crippen LogP contribution < -0.4 is 16.6 Å². The maximum atomic E-state index is 11.7. The molecule has 6 unspecified atom stereocenters. The molecule has 71 heavy (non-hydrogen) atoms. The Balaban J connectivity index is 0.000000535. The number of nitrogens with one attached hydrogen (secondary N) is 2. The molecule has 6 atom stereocenters. The second kappa shape index (κ2) is 35.6. The Hall–Kier alpha value is -5.44. The first kappa shape index (κ1) is 63.6. The Labute approximate surface area is 416 Å². The van der Waals surface area contributed by atoms with E-state index in [-0.39, 0.29) is 43.2 Å². The molecule has 2 aromatic rings. The highest BCUT2D eigenvalue weighted by atomic mass is 33.1. The summed E-state index contributed by atoms with van der Waals surface area (Å²) in [5.74, 6) is 1.97. The number of amides is 1. The summed E-state index contributed by atoms with van der Waals surface area (Å²) in [6.45, 7) is 2.75. The number of carbonyl (C=O) groups excluding carboxylic acids is 2. The van der Waals surface area contributed by atoms with Crippen molar-refractivity contribution in [2.45, 2.75) is 109 Å². The summed E-state index contributed by atoms with van der Waals surface area (Å²) in [5.41, 5.74) is -1.44. The number of ether oxygens (including phenoxy) is 6. The van der Waals surface area contributed by atoms with Crippen LogP contribution in [0.15, 0.2) is 40.1 Å². The summed E-state index contributed by atoms with van der Waals surface area (Å²) in [6.07, 6.45) is 0.509. The molecule has 7 N–H and O–H groups in total. The standard InChI is InChI=1S/C15H19N2O8P.C14H26O6S2.C11H15N2O9P/c1-9(25-14(19)20)11-7-10(4-5-12(11)17(22)23)8-16-13(18)3-2-6-24-15(21)26;15-13(16)19-9-5-1-3-7-11-21-22-12-8-4-2-6-10-20-14(17)18;1-23(18,19)22-6-4-9(21-7(6)5-20-11(16)17)13-3-2-8(14)12-10(13)15/h4-5,7,9H,2-3,6,8,26H2,1H3,(H,16,18)(H,19,20);1-12H2,(H,15,16)(H,17,18);2-3,6-7,9H,4-5H2,1H3,(H,16,17)(H,18,19)(H,12,14,15). The van der Waals surface area contributed by atoms with Crippen molar-refractivity contribution < 1.29 is 96.5 Å². The quantitative estimate of drug-likeness (QED) is 0.00795. The van der Waals surface area contributed by atoms with Gasteiger partial charge in [0.25, 0.3) is 11.2 Å². The van der Waals surface area contributed by atoms with E-state index in [2.05, 4.69) is 29.0 Å². The fraction of sp³-hybridized carbons (Fsp3) is 0.600. The normalized spacial score (nSPS) is 16.0. The van der Waals surface area contributed by atoms with Gasteiger partial charge < -0.3 is 63.6 Å². The van der Waals surface area contributed by atoms with Crippen molar-refractivity contribution in [1.29, 1.82) is 0 Å². The Morgan fingerprint density at radius 3 is 1.94 bits per heavy atom. The second-order valence-electron chi connectivity index (χ2n) is 14.8. The van der Waals surface area contributed by atoms with Gasteiger partial charge in [-0.05, 0) is 59.9 Å². The van der Waals surface area contributed by atoms with E-state index in [9.17, 15) is 57.9 Å². The molecular weight excluding hydrogens is 1030 g/mol. The Kier molecular flexibility index (Phi) is 31.9. The van der Waals surface area contributed by atoms with Gasteiger partial charge in [0, 0.05) is 55.9 Å². The fourth-order valence-corrected chi connectivity index (χ4v) is 9.11. The van der Waals surface area contributed by atoms with Gasteiger partial charge in [-0.2, -0.15) is 0 Å². The van der Waals surface area contributed by atoms with E-state index in [1.165, 1.54) is 31.3 Å². The Bertz CT molecular complexity index is 2150. The van der Waals surface area contributed by atoms with Crippen LogP contribution in [0.2, 0.25) is 0 Å². The predicted molar refractivity (Wildman–Crippen MR) is 257 cm³/mol. The van der Waals surface area contributed by atoms with E-state index in [1.807, 2.05) is 35.8 Å². The van der Waals surface area contributed by atoms with Gasteiger partial charge in [0.15, 0.2) is 0 Å². The van der Waals surface area contributed by atoms with Gasteiger partial charge >= 0.3 is 43.6 Å². The van der Waals surface area contributed by atoms with Crippen LogP contribution in [0.5, 0.6) is 0 Å². The zero-order chi connectivity index (χ0) is 53.4. The largest absolute Gasteiger partial charge is 0.506 e. The highest BCUT2D eigenvalue weighted by Crippen LogP contribution is 2.44. The fourth-order valence-electron chi connectivity index (χ4n) is 5.98. The first-order valence-corrected chi connectivity index (χ1v) is 26.7. The second-order valence-corrected chi connectivity index (χ2v) is 19.8. The van der Waals surface area contributed by atoms with E-state index in [1.54, 1.807) is 0 Å². The Morgan fingerprint density at radius 2 is 1.44 bits per heavy atom. The summed E-state index contributed by atoms with van der Waals surface area (Å²) in [4.78, 5) is 108. The minimum Gasteiger partial charge on any atom is -0.463 e. The molecular formula is C40H60N4O23P2S2. The van der Waals surface area contributed by atoms with Gasteiger partial charge in [-0.25, -0.2) is 28.8 Å². The number of nitro groups is 1. The molecule has 2 heterocycles. The molecule has 1 aliphatic heterocycles. The van der Waals surface area contributed by atoms with Crippen molar-refractivity contribution in [3.05, 3.63) is 72.5 Å². The molecule has 1 saturated heterocycles. The number of nitrogens with zero attached hydrogens (tertiary/aromatic N) is 2. The topological polar surface area (TPSA) is 395 Å². The van der Waals surface area contributed by atoms with Crippen molar-refractivity contribution in [2.24, 2.45) is 0 Å². The summed E-state index contributed by atoms with van der Waals surface area (Å²) < 4.78 is 45.5. The smallest absolute Gasteiger partial charge is 0.463 e. The number of hydrogen-bond donors (Lipinski definition) is 7. The molecule has 0 saturated carbocycles. The van der Waals surface area contributed by atoms with E-state index in [0.29, 0.717) is 25.2 Å². The molecule has 400 valence electrons. The van der Waals surface area contributed by atoms with Crippen LogP contribution >= 0.6 is 38.4 Å². The highest BCUT2D eigenvalue weighted by Gasteiger charge is 2.41. The van der Waals surface area contributed by atoms with Gasteiger partial charge in [-0.15, -0.1) is 0 Å². The van der Waals surface area contributed by atoms with E-state index in [0.717, 1.165) is 80.2 Å². The van der Waals surface area contributed by atoms with E-state index >= 15 is 0 Å². The van der Waals surface area contributed by atoms with Crippen molar-refractivity contribution in [1.82, 2.24) is 14.9 Å². The molecule has 0 bridgehead atoms. The maximum Gasteiger partial charge on any atom is 0.506 e. The number of aromatic nitrogens is 2. The lowest BCUT2D eigenvalue weighted by atomic mass is 10.0. The predicted octanol–water partition coefficient (Wildman–Crippen LogP) is 7.36. The average Bonchev–Trinajstić information content (AvgIpc) is 3.66. The zero-order valence-corrected chi connectivity index (χ0v) is 42.4. The zero-order valence-electron chi connectivity index (χ0n) is 38.7. The van der Waals surface area contributed by atoms with Gasteiger partial charge in [-0.1, -0.05) is 53.3 Å². The minimum atomic E-state index is -3.87. The monoisotopic (exact) mass is 1090 g/mol. The van der Waals surface area contributed by atoms with Crippen molar-refractivity contribution in [2.75, 3.05) is 44.6 Å². The third-order valence-electron chi connectivity index (χ3n) is 9.11. The first-order valence-electron chi connectivity index (χ1n) is 21.6. The van der Waals surface area contributed by atoms with Crippen LogP contribution in [0.25, 0.3) is 0 Å². The van der Waals surface area contributed by atoms with Gasteiger partial charge in [0.05, 0.1) is 30.3 Å². The number of carbonyl (C=O) groups is 6. The number of aromatic amines is 1. The summed E-state index contributed by atoms with van der Waals surface area (Å²) in [6, 6.07) is 5.23.